The quantitative estimate of drug-likeness (QED) is 0.481. The molecule has 1 aliphatic rings. The minimum absolute atomic E-state index is 0.0104. The first-order chi connectivity index (χ1) is 13.1. The van der Waals surface area contributed by atoms with Crippen LogP contribution in [0.4, 0.5) is 0 Å². The fourth-order valence-corrected chi connectivity index (χ4v) is 4.52. The topological polar surface area (TPSA) is 59.9 Å². The molecule has 0 spiro atoms. The van der Waals surface area contributed by atoms with Gasteiger partial charge >= 0.3 is 0 Å². The maximum atomic E-state index is 12.0. The fraction of sp³-hybridized carbons (Fsp3) is 0.300. The van der Waals surface area contributed by atoms with E-state index in [1.54, 1.807) is 13.3 Å². The van der Waals surface area contributed by atoms with Crippen LogP contribution in [-0.4, -0.2) is 31.9 Å². The molecule has 0 heterocycles. The third-order valence-electron chi connectivity index (χ3n) is 4.39. The lowest BCUT2D eigenvalue weighted by Crippen LogP contribution is -2.29. The summed E-state index contributed by atoms with van der Waals surface area (Å²) in [5.74, 6) is 0.367. The van der Waals surface area contributed by atoms with Gasteiger partial charge in [0.25, 0.3) is 5.91 Å². The van der Waals surface area contributed by atoms with Crippen LogP contribution in [0.2, 0.25) is 0 Å². The van der Waals surface area contributed by atoms with Gasteiger partial charge in [0.05, 0.1) is 23.9 Å². The molecular weight excluding hydrogens is 476 g/mol. The molecular formula is C20H20Br2N2O3. The molecule has 2 aromatic rings. The largest absolute Gasteiger partial charge is 0.495 e. The van der Waals surface area contributed by atoms with Crippen molar-refractivity contribution in [2.45, 2.75) is 25.4 Å². The molecule has 1 atom stereocenters. The fourth-order valence-electron chi connectivity index (χ4n) is 3.10. The molecule has 0 radical (unpaired) electrons. The molecule has 3 rings (SSSR count). The highest BCUT2D eigenvalue weighted by Crippen LogP contribution is 2.31. The predicted octanol–water partition coefficient (Wildman–Crippen LogP) is 4.24. The molecule has 27 heavy (non-hydrogen) atoms. The van der Waals surface area contributed by atoms with Crippen LogP contribution in [-0.2, 0) is 22.4 Å². The van der Waals surface area contributed by atoms with Crippen molar-refractivity contribution in [2.75, 3.05) is 13.7 Å². The summed E-state index contributed by atoms with van der Waals surface area (Å²) in [4.78, 5) is 12.0. The standard InChI is InChI=1S/C20H20Br2N2O3/c1-26-20-15(8-16(21)10-18(20)22)11-23-24-19(25)12-27-17-7-6-13-4-2-3-5-14(13)9-17/h2-5,8,10-11,17H,6-7,9,12H2,1H3,(H,24,25). The molecule has 5 nitrogen and oxygen atoms in total. The Balaban J connectivity index is 1.50. The van der Waals surface area contributed by atoms with E-state index in [0.717, 1.165) is 33.8 Å². The van der Waals surface area contributed by atoms with Gasteiger partial charge in [-0.15, -0.1) is 0 Å². The van der Waals surface area contributed by atoms with Gasteiger partial charge in [0.2, 0.25) is 0 Å². The molecule has 0 saturated carbocycles. The summed E-state index contributed by atoms with van der Waals surface area (Å²) in [5, 5.41) is 4.01. The van der Waals surface area contributed by atoms with Gasteiger partial charge in [0.15, 0.2) is 0 Å². The second-order valence-corrected chi connectivity index (χ2v) is 8.02. The van der Waals surface area contributed by atoms with E-state index in [-0.39, 0.29) is 18.6 Å². The number of hydrazone groups is 1. The van der Waals surface area contributed by atoms with Crippen molar-refractivity contribution in [3.8, 4) is 5.75 Å². The third kappa shape index (κ3) is 5.40. The van der Waals surface area contributed by atoms with E-state index in [9.17, 15) is 4.79 Å². The van der Waals surface area contributed by atoms with Crippen molar-refractivity contribution in [2.24, 2.45) is 5.10 Å². The zero-order chi connectivity index (χ0) is 19.2. The molecule has 0 bridgehead atoms. The van der Waals surface area contributed by atoms with E-state index < -0.39 is 0 Å². The van der Waals surface area contributed by atoms with Gasteiger partial charge < -0.3 is 9.47 Å². The van der Waals surface area contributed by atoms with Crippen LogP contribution in [0.15, 0.2) is 50.4 Å². The number of hydrogen-bond acceptors (Lipinski definition) is 4. The molecule has 1 N–H and O–H groups in total. The maximum absolute atomic E-state index is 12.0. The molecule has 142 valence electrons. The number of amides is 1. The molecule has 0 aliphatic heterocycles. The summed E-state index contributed by atoms with van der Waals surface area (Å²) in [6, 6.07) is 12.1. The lowest BCUT2D eigenvalue weighted by Gasteiger charge is -2.24. The first-order valence-electron chi connectivity index (χ1n) is 8.60. The van der Waals surface area contributed by atoms with Gasteiger partial charge in [-0.1, -0.05) is 40.2 Å². The number of nitrogens with one attached hydrogen (secondary N) is 1. The van der Waals surface area contributed by atoms with Crippen LogP contribution in [0.1, 0.15) is 23.1 Å². The van der Waals surface area contributed by atoms with Crippen LogP contribution in [0.25, 0.3) is 0 Å². The molecule has 1 amide bonds. The Morgan fingerprint density at radius 1 is 1.30 bits per heavy atom. The number of fused-ring (bicyclic) bond motifs is 1. The van der Waals surface area contributed by atoms with E-state index in [2.05, 4.69) is 60.6 Å². The third-order valence-corrected chi connectivity index (χ3v) is 5.43. The summed E-state index contributed by atoms with van der Waals surface area (Å²) in [6.07, 6.45) is 4.37. The number of ether oxygens (including phenoxy) is 2. The van der Waals surface area contributed by atoms with Crippen LogP contribution in [0.5, 0.6) is 5.75 Å². The summed E-state index contributed by atoms with van der Waals surface area (Å²) < 4.78 is 12.8. The van der Waals surface area contributed by atoms with E-state index in [0.29, 0.717) is 5.75 Å². The highest BCUT2D eigenvalue weighted by molar-refractivity contribution is 9.11. The maximum Gasteiger partial charge on any atom is 0.266 e. The number of nitrogens with zero attached hydrogens (tertiary/aromatic N) is 1. The number of methoxy groups -OCH3 is 1. The van der Waals surface area contributed by atoms with E-state index in [1.807, 2.05) is 18.2 Å². The second kappa shape index (κ2) is 9.48. The molecule has 0 saturated heterocycles. The SMILES string of the molecule is COc1c(Br)cc(Br)cc1C=NNC(=O)COC1CCc2ccccc2C1. The lowest BCUT2D eigenvalue weighted by molar-refractivity contribution is -0.127. The molecule has 1 unspecified atom stereocenters. The van der Waals surface area contributed by atoms with Crippen molar-refractivity contribution < 1.29 is 14.3 Å². The molecule has 1 aliphatic carbocycles. The average molecular weight is 496 g/mol. The van der Waals surface area contributed by atoms with Crippen LogP contribution >= 0.6 is 31.9 Å². The lowest BCUT2D eigenvalue weighted by atomic mass is 9.90. The Morgan fingerprint density at radius 2 is 2.07 bits per heavy atom. The number of benzene rings is 2. The Bertz CT molecular complexity index is 855. The van der Waals surface area contributed by atoms with Gasteiger partial charge in [-0.05, 0) is 58.5 Å². The number of halogens is 2. The van der Waals surface area contributed by atoms with Gasteiger partial charge in [-0.2, -0.15) is 5.10 Å². The van der Waals surface area contributed by atoms with Crippen molar-refractivity contribution in [1.29, 1.82) is 0 Å². The first-order valence-corrected chi connectivity index (χ1v) is 10.2. The Kier molecular flexibility index (Phi) is 7.04. The minimum atomic E-state index is -0.280. The zero-order valence-electron chi connectivity index (χ0n) is 14.9. The average Bonchev–Trinajstić information content (AvgIpc) is 2.66. The Hall–Kier alpha value is -1.70. The van der Waals surface area contributed by atoms with E-state index in [1.165, 1.54) is 11.1 Å². The van der Waals surface area contributed by atoms with Gasteiger partial charge in [-0.3, -0.25) is 4.79 Å². The smallest absolute Gasteiger partial charge is 0.266 e. The van der Waals surface area contributed by atoms with E-state index in [4.69, 9.17) is 9.47 Å². The van der Waals surface area contributed by atoms with Crippen molar-refractivity contribution in [3.05, 3.63) is 62.0 Å². The first kappa shape index (κ1) is 20.0. The molecule has 2 aromatic carbocycles. The predicted molar refractivity (Wildman–Crippen MR) is 112 cm³/mol. The summed E-state index contributed by atoms with van der Waals surface area (Å²) in [6.45, 7) is -0.0104. The number of aryl methyl sites for hydroxylation is 1. The van der Waals surface area contributed by atoms with Crippen LogP contribution in [0.3, 0.4) is 0 Å². The normalized spacial score (nSPS) is 16.2. The number of rotatable bonds is 6. The molecule has 0 fully saturated rings. The van der Waals surface area contributed by atoms with Crippen molar-refractivity contribution in [3.63, 3.8) is 0 Å². The van der Waals surface area contributed by atoms with Crippen molar-refractivity contribution >= 4 is 44.0 Å². The molecule has 7 heteroatoms. The second-order valence-electron chi connectivity index (χ2n) is 6.25. The van der Waals surface area contributed by atoms with Crippen LogP contribution < -0.4 is 10.2 Å². The summed E-state index contributed by atoms with van der Waals surface area (Å²) in [7, 11) is 1.58. The number of hydrogen-bond donors (Lipinski definition) is 1. The Labute approximate surface area is 175 Å². The summed E-state index contributed by atoms with van der Waals surface area (Å²) in [5.41, 5.74) is 5.92. The van der Waals surface area contributed by atoms with E-state index >= 15 is 0 Å². The highest BCUT2D eigenvalue weighted by atomic mass is 79.9. The summed E-state index contributed by atoms with van der Waals surface area (Å²) >= 11 is 6.86. The minimum Gasteiger partial charge on any atom is -0.495 e. The molecule has 0 aromatic heterocycles. The van der Waals surface area contributed by atoms with Gasteiger partial charge in [0.1, 0.15) is 12.4 Å². The highest BCUT2D eigenvalue weighted by Gasteiger charge is 2.19. The van der Waals surface area contributed by atoms with Crippen LogP contribution in [0, 0.1) is 0 Å². The van der Waals surface area contributed by atoms with Gasteiger partial charge in [0, 0.05) is 10.0 Å². The number of carbonyl (C=O) groups excluding carboxylic acids is 1. The monoisotopic (exact) mass is 494 g/mol. The number of carbonyl (C=O) groups is 1. The van der Waals surface area contributed by atoms with Crippen molar-refractivity contribution in [1.82, 2.24) is 5.43 Å². The van der Waals surface area contributed by atoms with Gasteiger partial charge in [-0.25, -0.2) is 5.43 Å². The Morgan fingerprint density at radius 3 is 2.85 bits per heavy atom. The zero-order valence-corrected chi connectivity index (χ0v) is 18.0.